The molecule has 174 valence electrons. The highest BCUT2D eigenvalue weighted by Crippen LogP contribution is 2.25. The molecule has 5 N–H and O–H groups in total. The number of benzene rings is 2. The van der Waals surface area contributed by atoms with Gasteiger partial charge in [-0.05, 0) is 37.1 Å². The summed E-state index contributed by atoms with van der Waals surface area (Å²) >= 11 is 0. The Morgan fingerprint density at radius 3 is 2.19 bits per heavy atom. The molecule has 2 rings (SSSR count). The van der Waals surface area contributed by atoms with E-state index >= 15 is 0 Å². The van der Waals surface area contributed by atoms with Gasteiger partial charge >= 0.3 is 12.1 Å². The normalized spacial score (nSPS) is 11.7. The zero-order valence-electron chi connectivity index (χ0n) is 17.0. The van der Waals surface area contributed by atoms with Crippen LogP contribution in [0.2, 0.25) is 0 Å². The first-order valence-corrected chi connectivity index (χ1v) is 9.33. The second-order valence-corrected chi connectivity index (χ2v) is 6.70. The van der Waals surface area contributed by atoms with Crippen molar-refractivity contribution in [2.45, 2.75) is 32.0 Å². The maximum absolute atomic E-state index is 14.0. The van der Waals surface area contributed by atoms with E-state index in [1.807, 2.05) is 0 Å². The van der Waals surface area contributed by atoms with Gasteiger partial charge < -0.3 is 16.2 Å². The molecule has 0 aliphatic carbocycles. The van der Waals surface area contributed by atoms with E-state index in [-0.39, 0.29) is 29.7 Å². The molecule has 2 aromatic carbocycles. The van der Waals surface area contributed by atoms with Gasteiger partial charge in [0.1, 0.15) is 11.6 Å². The fraction of sp³-hybridized carbons (Fsp3) is 0.286. The molecule has 0 unspecified atom stereocenters. The molecule has 2 aromatic rings. The van der Waals surface area contributed by atoms with Gasteiger partial charge in [0.05, 0.1) is 5.56 Å². The van der Waals surface area contributed by atoms with E-state index < -0.39 is 23.8 Å². The summed E-state index contributed by atoms with van der Waals surface area (Å²) in [6.45, 7) is 1.99. The summed E-state index contributed by atoms with van der Waals surface area (Å²) in [5.41, 5.74) is 4.29. The summed E-state index contributed by atoms with van der Waals surface area (Å²) < 4.78 is 59.6. The lowest BCUT2D eigenvalue weighted by Crippen LogP contribution is -2.65. The number of hydrogen-bond acceptors (Lipinski definition) is 3. The van der Waals surface area contributed by atoms with E-state index in [0.29, 0.717) is 24.1 Å². The molecule has 0 aliphatic heterocycles. The molecule has 0 heterocycles. The van der Waals surface area contributed by atoms with E-state index in [9.17, 15) is 31.5 Å². The first-order valence-electron chi connectivity index (χ1n) is 9.33. The molecule has 0 saturated heterocycles. The number of carbonyl (C=O) groups excluding carboxylic acids is 2. The first kappa shape index (κ1) is 26.7. The number of amides is 1. The maximum Gasteiger partial charge on any atom is 0.490 e. The minimum Gasteiger partial charge on any atom is -0.475 e. The number of quaternary nitrogens is 1. The van der Waals surface area contributed by atoms with Gasteiger partial charge in [-0.3, -0.25) is 9.59 Å². The fourth-order valence-electron chi connectivity index (χ4n) is 2.37. The van der Waals surface area contributed by atoms with Crippen LogP contribution in [-0.4, -0.2) is 41.5 Å². The van der Waals surface area contributed by atoms with Crippen molar-refractivity contribution < 1.29 is 47.2 Å². The Labute approximate surface area is 180 Å². The third-order valence-corrected chi connectivity index (χ3v) is 4.02. The molecule has 1 atom stereocenters. The Bertz CT molecular complexity index is 961. The Balaban J connectivity index is 0.000000633. The van der Waals surface area contributed by atoms with Crippen LogP contribution in [0, 0.1) is 11.6 Å². The lowest BCUT2D eigenvalue weighted by Gasteiger charge is -2.08. The minimum atomic E-state index is -5.08. The van der Waals surface area contributed by atoms with Crippen LogP contribution in [0.4, 0.5) is 22.0 Å². The Hall–Kier alpha value is -3.34. The quantitative estimate of drug-likeness (QED) is 0.334. The van der Waals surface area contributed by atoms with Gasteiger partial charge in [0.15, 0.2) is 11.8 Å². The third kappa shape index (κ3) is 8.42. The van der Waals surface area contributed by atoms with Crippen molar-refractivity contribution in [1.29, 1.82) is 0 Å². The van der Waals surface area contributed by atoms with Crippen molar-refractivity contribution in [2.24, 2.45) is 0 Å². The topological polar surface area (TPSA) is 111 Å². The smallest absolute Gasteiger partial charge is 0.475 e. The van der Waals surface area contributed by atoms with E-state index in [1.165, 1.54) is 24.3 Å². The summed E-state index contributed by atoms with van der Waals surface area (Å²) in [6.07, 6.45) is -4.61. The lowest BCUT2D eigenvalue weighted by atomic mass is 9.99. The molecular formula is C21H22F5N2O4+. The Kier molecular flexibility index (Phi) is 9.92. The number of carbonyl (C=O) groups is 3. The van der Waals surface area contributed by atoms with Crippen LogP contribution in [0.5, 0.6) is 0 Å². The molecule has 0 bridgehead atoms. The van der Waals surface area contributed by atoms with E-state index in [4.69, 9.17) is 9.90 Å². The maximum atomic E-state index is 14.0. The van der Waals surface area contributed by atoms with Crippen LogP contribution < -0.4 is 11.1 Å². The van der Waals surface area contributed by atoms with E-state index in [1.54, 1.807) is 25.1 Å². The number of carboxylic acids is 1. The van der Waals surface area contributed by atoms with Crippen molar-refractivity contribution in [2.75, 3.05) is 6.54 Å². The summed E-state index contributed by atoms with van der Waals surface area (Å²) in [5.74, 6) is -4.40. The number of rotatable bonds is 7. The number of alkyl halides is 3. The van der Waals surface area contributed by atoms with Gasteiger partial charge in [-0.25, -0.2) is 13.6 Å². The van der Waals surface area contributed by atoms with Crippen molar-refractivity contribution in [3.63, 3.8) is 0 Å². The SMILES string of the molecule is C[C@H]([NH3+])C(=O)NCCCC(=O)c1cc(-c2ccccc2F)ccc1F.O=C(O)C(F)(F)F. The largest absolute Gasteiger partial charge is 0.490 e. The van der Waals surface area contributed by atoms with Crippen molar-refractivity contribution in [3.8, 4) is 11.1 Å². The van der Waals surface area contributed by atoms with Crippen molar-refractivity contribution in [3.05, 3.63) is 59.7 Å². The molecule has 6 nitrogen and oxygen atoms in total. The van der Waals surface area contributed by atoms with Gasteiger partial charge in [0.25, 0.3) is 5.91 Å². The molecule has 0 saturated carbocycles. The van der Waals surface area contributed by atoms with Crippen LogP contribution in [0.1, 0.15) is 30.1 Å². The predicted octanol–water partition coefficient (Wildman–Crippen LogP) is 2.97. The molecule has 11 heteroatoms. The number of aliphatic carboxylic acids is 1. The second-order valence-electron chi connectivity index (χ2n) is 6.70. The van der Waals surface area contributed by atoms with Gasteiger partial charge in [0, 0.05) is 18.5 Å². The molecule has 0 radical (unpaired) electrons. The van der Waals surface area contributed by atoms with Gasteiger partial charge in [-0.1, -0.05) is 24.3 Å². The fourth-order valence-corrected chi connectivity index (χ4v) is 2.37. The van der Waals surface area contributed by atoms with Gasteiger partial charge in [0.2, 0.25) is 0 Å². The highest BCUT2D eigenvalue weighted by Gasteiger charge is 2.38. The predicted molar refractivity (Wildman–Crippen MR) is 104 cm³/mol. The van der Waals surface area contributed by atoms with Crippen molar-refractivity contribution >= 4 is 17.7 Å². The number of halogens is 5. The number of nitrogens with one attached hydrogen (secondary N) is 1. The second kappa shape index (κ2) is 11.9. The first-order chi connectivity index (χ1) is 14.8. The summed E-state index contributed by atoms with van der Waals surface area (Å²) in [5, 5.41) is 9.78. The van der Waals surface area contributed by atoms with Gasteiger partial charge in [-0.2, -0.15) is 13.2 Å². The third-order valence-electron chi connectivity index (χ3n) is 4.02. The standard InChI is InChI=1S/C19H20F2N2O2.C2HF3O2/c1-12(22)19(25)23-10-4-7-18(24)15-11-13(8-9-17(15)21)14-5-2-3-6-16(14)20;3-2(4,5)1(6)7/h2-3,5-6,8-9,11-12H,4,7,10,22H2,1H3,(H,23,25);(H,6,7)/p+1/t12-;/m0./s1. The van der Waals surface area contributed by atoms with Crippen LogP contribution in [0.15, 0.2) is 42.5 Å². The Morgan fingerprint density at radius 1 is 1.06 bits per heavy atom. The monoisotopic (exact) mass is 461 g/mol. The van der Waals surface area contributed by atoms with Crippen molar-refractivity contribution in [1.82, 2.24) is 5.32 Å². The lowest BCUT2D eigenvalue weighted by molar-refractivity contribution is -0.398. The molecule has 0 fully saturated rings. The van der Waals surface area contributed by atoms with Crippen LogP contribution >= 0.6 is 0 Å². The highest BCUT2D eigenvalue weighted by atomic mass is 19.4. The van der Waals surface area contributed by atoms with E-state index in [2.05, 4.69) is 11.1 Å². The number of carboxylic acid groups (broad SMARTS) is 1. The summed E-state index contributed by atoms with van der Waals surface area (Å²) in [4.78, 5) is 32.5. The van der Waals surface area contributed by atoms with Crippen LogP contribution in [-0.2, 0) is 9.59 Å². The number of hydrogen-bond donors (Lipinski definition) is 3. The molecule has 0 aliphatic rings. The van der Waals surface area contributed by atoms with Gasteiger partial charge in [-0.15, -0.1) is 0 Å². The molecule has 1 amide bonds. The molecule has 32 heavy (non-hydrogen) atoms. The van der Waals surface area contributed by atoms with Crippen LogP contribution in [0.25, 0.3) is 11.1 Å². The average molecular weight is 461 g/mol. The van der Waals surface area contributed by atoms with E-state index in [0.717, 1.165) is 0 Å². The molecule has 0 spiro atoms. The highest BCUT2D eigenvalue weighted by molar-refractivity contribution is 5.97. The number of Topliss-reactive ketones (excluding diaryl/α,β-unsaturated/α-hetero) is 1. The molecular weight excluding hydrogens is 439 g/mol. The zero-order chi connectivity index (χ0) is 24.5. The molecule has 0 aromatic heterocycles. The number of ketones is 1. The average Bonchev–Trinajstić information content (AvgIpc) is 2.71. The Morgan fingerprint density at radius 2 is 1.66 bits per heavy atom. The summed E-state index contributed by atoms with van der Waals surface area (Å²) in [7, 11) is 0. The zero-order valence-corrected chi connectivity index (χ0v) is 17.0. The summed E-state index contributed by atoms with van der Waals surface area (Å²) in [6, 6.07) is 9.74. The van der Waals surface area contributed by atoms with Crippen LogP contribution in [0.3, 0.4) is 0 Å². The minimum absolute atomic E-state index is 0.0717.